The zero-order valence-electron chi connectivity index (χ0n) is 9.71. The quantitative estimate of drug-likeness (QED) is 0.894. The van der Waals surface area contributed by atoms with Gasteiger partial charge in [-0.05, 0) is 50.4 Å². The molecule has 0 radical (unpaired) electrons. The standard InChI is InChI=1S/C12H15Br2N3/c1-2-8-17(12-15-6-7-16-12)11-9(13)4-3-5-10(11)14/h3-5H,2,6-8H2,1H3,(H,15,16). The van der Waals surface area contributed by atoms with Crippen LogP contribution in [0.3, 0.4) is 0 Å². The fourth-order valence-corrected chi connectivity index (χ4v) is 3.29. The fraction of sp³-hybridized carbons (Fsp3) is 0.417. The van der Waals surface area contributed by atoms with Gasteiger partial charge in [-0.25, -0.2) is 0 Å². The van der Waals surface area contributed by atoms with E-state index in [4.69, 9.17) is 0 Å². The Labute approximate surface area is 119 Å². The van der Waals surface area contributed by atoms with Crippen LogP contribution in [0.2, 0.25) is 0 Å². The first kappa shape index (κ1) is 12.9. The van der Waals surface area contributed by atoms with Crippen molar-refractivity contribution in [2.45, 2.75) is 13.3 Å². The Morgan fingerprint density at radius 2 is 2.06 bits per heavy atom. The highest BCUT2D eigenvalue weighted by atomic mass is 79.9. The second-order valence-electron chi connectivity index (χ2n) is 3.85. The molecule has 17 heavy (non-hydrogen) atoms. The van der Waals surface area contributed by atoms with E-state index in [1.54, 1.807) is 0 Å². The van der Waals surface area contributed by atoms with Gasteiger partial charge in [0.1, 0.15) is 0 Å². The summed E-state index contributed by atoms with van der Waals surface area (Å²) in [5.74, 6) is 0.972. The molecular weight excluding hydrogens is 346 g/mol. The predicted octanol–water partition coefficient (Wildman–Crippen LogP) is 3.39. The van der Waals surface area contributed by atoms with Crippen molar-refractivity contribution in [1.82, 2.24) is 5.32 Å². The van der Waals surface area contributed by atoms with E-state index in [1.165, 1.54) is 0 Å². The summed E-state index contributed by atoms with van der Waals surface area (Å²) in [6.07, 6.45) is 1.08. The summed E-state index contributed by atoms with van der Waals surface area (Å²) in [6.45, 7) is 4.91. The van der Waals surface area contributed by atoms with Crippen LogP contribution in [0, 0.1) is 0 Å². The van der Waals surface area contributed by atoms with Gasteiger partial charge < -0.3 is 10.2 Å². The first-order chi connectivity index (χ1) is 8.24. The number of nitrogens with zero attached hydrogens (tertiary/aromatic N) is 2. The maximum absolute atomic E-state index is 4.50. The van der Waals surface area contributed by atoms with Crippen molar-refractivity contribution in [2.24, 2.45) is 4.99 Å². The van der Waals surface area contributed by atoms with Gasteiger partial charge in [0, 0.05) is 22.0 Å². The molecular formula is C12H15Br2N3. The van der Waals surface area contributed by atoms with Gasteiger partial charge in [0.2, 0.25) is 0 Å². The number of aliphatic imine (C=N–C) groups is 1. The molecule has 1 N–H and O–H groups in total. The maximum atomic E-state index is 4.50. The lowest BCUT2D eigenvalue weighted by Crippen LogP contribution is -2.39. The Kier molecular flexibility index (Phi) is 4.45. The Balaban J connectivity index is 2.38. The van der Waals surface area contributed by atoms with E-state index in [1.807, 2.05) is 6.07 Å². The third-order valence-corrected chi connectivity index (χ3v) is 3.85. The molecule has 0 aliphatic carbocycles. The number of rotatable bonds is 3. The van der Waals surface area contributed by atoms with Crippen LogP contribution in [0.15, 0.2) is 32.1 Å². The summed E-state index contributed by atoms with van der Waals surface area (Å²) in [4.78, 5) is 6.73. The second-order valence-corrected chi connectivity index (χ2v) is 5.56. The number of hydrogen-bond acceptors (Lipinski definition) is 3. The zero-order valence-corrected chi connectivity index (χ0v) is 12.9. The Hall–Kier alpha value is -0.550. The molecule has 3 nitrogen and oxygen atoms in total. The molecule has 0 bridgehead atoms. The lowest BCUT2D eigenvalue weighted by Gasteiger charge is -2.26. The fourth-order valence-electron chi connectivity index (χ4n) is 1.86. The van der Waals surface area contributed by atoms with Crippen molar-refractivity contribution in [2.75, 3.05) is 24.5 Å². The number of hydrogen-bond donors (Lipinski definition) is 1. The molecule has 0 unspecified atom stereocenters. The van der Waals surface area contributed by atoms with Gasteiger partial charge in [0.25, 0.3) is 0 Å². The van der Waals surface area contributed by atoms with Crippen molar-refractivity contribution < 1.29 is 0 Å². The molecule has 1 aromatic rings. The Morgan fingerprint density at radius 3 is 2.59 bits per heavy atom. The number of halogens is 2. The number of anilines is 1. The number of para-hydroxylation sites is 1. The van der Waals surface area contributed by atoms with Crippen LogP contribution < -0.4 is 10.2 Å². The summed E-state index contributed by atoms with van der Waals surface area (Å²) >= 11 is 7.22. The molecule has 0 saturated heterocycles. The van der Waals surface area contributed by atoms with Crippen molar-refractivity contribution in [1.29, 1.82) is 0 Å². The molecule has 1 heterocycles. The lowest BCUT2D eigenvalue weighted by atomic mass is 10.3. The molecule has 1 aliphatic heterocycles. The van der Waals surface area contributed by atoms with E-state index in [2.05, 4.69) is 66.1 Å². The first-order valence-corrected chi connectivity index (χ1v) is 7.32. The minimum atomic E-state index is 0.859. The third-order valence-electron chi connectivity index (χ3n) is 2.57. The SMILES string of the molecule is CCCN(C1=NCCN1)c1c(Br)cccc1Br. The van der Waals surface area contributed by atoms with Crippen LogP contribution in [0.4, 0.5) is 5.69 Å². The normalized spacial score (nSPS) is 14.4. The van der Waals surface area contributed by atoms with E-state index >= 15 is 0 Å². The average Bonchev–Trinajstić information content (AvgIpc) is 2.80. The molecule has 1 aromatic carbocycles. The molecule has 0 fully saturated rings. The molecule has 2 rings (SSSR count). The van der Waals surface area contributed by atoms with E-state index in [-0.39, 0.29) is 0 Å². The van der Waals surface area contributed by atoms with Crippen molar-refractivity contribution in [3.05, 3.63) is 27.1 Å². The molecule has 1 aliphatic rings. The Bertz CT molecular complexity index is 412. The highest BCUT2D eigenvalue weighted by molar-refractivity contribution is 9.11. The Morgan fingerprint density at radius 1 is 1.35 bits per heavy atom. The van der Waals surface area contributed by atoms with E-state index in [0.717, 1.165) is 46.6 Å². The van der Waals surface area contributed by atoms with Gasteiger partial charge in [-0.1, -0.05) is 13.0 Å². The minimum Gasteiger partial charge on any atom is -0.354 e. The van der Waals surface area contributed by atoms with Gasteiger partial charge in [-0.3, -0.25) is 4.99 Å². The molecule has 5 heteroatoms. The first-order valence-electron chi connectivity index (χ1n) is 5.74. The highest BCUT2D eigenvalue weighted by Gasteiger charge is 2.19. The summed E-state index contributed by atoms with van der Waals surface area (Å²) in [5.41, 5.74) is 1.14. The van der Waals surface area contributed by atoms with Crippen LogP contribution in [-0.4, -0.2) is 25.6 Å². The van der Waals surface area contributed by atoms with Gasteiger partial charge in [0.05, 0.1) is 12.2 Å². The van der Waals surface area contributed by atoms with Crippen LogP contribution >= 0.6 is 31.9 Å². The van der Waals surface area contributed by atoms with Crippen LogP contribution in [0.5, 0.6) is 0 Å². The van der Waals surface area contributed by atoms with Crippen molar-refractivity contribution in [3.8, 4) is 0 Å². The number of nitrogens with one attached hydrogen (secondary N) is 1. The summed E-state index contributed by atoms with van der Waals surface area (Å²) < 4.78 is 2.16. The average molecular weight is 361 g/mol. The smallest absolute Gasteiger partial charge is 0.198 e. The predicted molar refractivity (Wildman–Crippen MR) is 79.8 cm³/mol. The van der Waals surface area contributed by atoms with Gasteiger partial charge in [-0.2, -0.15) is 0 Å². The van der Waals surface area contributed by atoms with E-state index in [9.17, 15) is 0 Å². The molecule has 0 spiro atoms. The molecule has 92 valence electrons. The molecule has 0 aromatic heterocycles. The second kappa shape index (κ2) is 5.87. The summed E-state index contributed by atoms with van der Waals surface area (Å²) in [5, 5.41) is 3.33. The largest absolute Gasteiger partial charge is 0.354 e. The number of benzene rings is 1. The zero-order chi connectivity index (χ0) is 12.3. The van der Waals surface area contributed by atoms with Gasteiger partial charge in [0.15, 0.2) is 5.96 Å². The topological polar surface area (TPSA) is 27.6 Å². The monoisotopic (exact) mass is 359 g/mol. The van der Waals surface area contributed by atoms with E-state index < -0.39 is 0 Å². The van der Waals surface area contributed by atoms with Crippen LogP contribution in [0.25, 0.3) is 0 Å². The summed E-state index contributed by atoms with van der Waals surface area (Å²) in [7, 11) is 0. The maximum Gasteiger partial charge on any atom is 0.198 e. The van der Waals surface area contributed by atoms with Crippen molar-refractivity contribution >= 4 is 43.5 Å². The number of guanidine groups is 1. The molecule has 0 saturated carbocycles. The molecule has 0 amide bonds. The minimum absolute atomic E-state index is 0.859. The molecule has 0 atom stereocenters. The van der Waals surface area contributed by atoms with Crippen LogP contribution in [-0.2, 0) is 0 Å². The van der Waals surface area contributed by atoms with Gasteiger partial charge >= 0.3 is 0 Å². The third kappa shape index (κ3) is 2.83. The van der Waals surface area contributed by atoms with E-state index in [0.29, 0.717) is 0 Å². The summed E-state index contributed by atoms with van der Waals surface area (Å²) in [6, 6.07) is 6.13. The highest BCUT2D eigenvalue weighted by Crippen LogP contribution is 2.34. The lowest BCUT2D eigenvalue weighted by molar-refractivity contribution is 0.874. The van der Waals surface area contributed by atoms with Crippen LogP contribution in [0.1, 0.15) is 13.3 Å². The van der Waals surface area contributed by atoms with Gasteiger partial charge in [-0.15, -0.1) is 0 Å². The van der Waals surface area contributed by atoms with Crippen molar-refractivity contribution in [3.63, 3.8) is 0 Å².